The van der Waals surface area contributed by atoms with Gasteiger partial charge in [0.05, 0.1) is 7.11 Å². The van der Waals surface area contributed by atoms with Gasteiger partial charge in [0.1, 0.15) is 12.0 Å². The highest BCUT2D eigenvalue weighted by molar-refractivity contribution is 5.37. The van der Waals surface area contributed by atoms with E-state index >= 15 is 0 Å². The van der Waals surface area contributed by atoms with Crippen LogP contribution in [-0.2, 0) is 0 Å². The predicted octanol–water partition coefficient (Wildman–Crippen LogP) is 0.799. The Kier molecular flexibility index (Phi) is 2.59. The molecule has 0 bridgehead atoms. The molecule has 0 spiro atoms. The van der Waals surface area contributed by atoms with E-state index in [1.807, 2.05) is 0 Å². The third-order valence-electron chi connectivity index (χ3n) is 2.13. The van der Waals surface area contributed by atoms with E-state index in [1.54, 1.807) is 31.4 Å². The van der Waals surface area contributed by atoms with Crippen LogP contribution in [0.15, 0.2) is 50.7 Å². The van der Waals surface area contributed by atoms with E-state index < -0.39 is 11.2 Å². The number of rotatable bonds is 2. The summed E-state index contributed by atoms with van der Waals surface area (Å²) < 4.78 is 10.7. The second-order valence-corrected chi connectivity index (χ2v) is 3.06. The van der Waals surface area contributed by atoms with Gasteiger partial charge in [-0.25, -0.2) is 4.79 Å². The second-order valence-electron chi connectivity index (χ2n) is 3.06. The van der Waals surface area contributed by atoms with Gasteiger partial charge in [-0.2, -0.15) is 0 Å². The quantitative estimate of drug-likeness (QED) is 0.701. The smallest absolute Gasteiger partial charge is 0.402 e. The Morgan fingerprint density at radius 3 is 2.50 bits per heavy atom. The predicted molar refractivity (Wildman–Crippen MR) is 57.1 cm³/mol. The summed E-state index contributed by atoms with van der Waals surface area (Å²) in [7, 11) is 1.55. The van der Waals surface area contributed by atoms with Crippen LogP contribution in [0.1, 0.15) is 0 Å². The lowest BCUT2D eigenvalue weighted by atomic mass is 10.3. The molecule has 82 valence electrons. The Labute approximate surface area is 90.5 Å². The molecular formula is C11H9NO4. The van der Waals surface area contributed by atoms with Crippen molar-refractivity contribution in [2.75, 3.05) is 7.11 Å². The fraction of sp³-hybridized carbons (Fsp3) is 0.0909. The lowest BCUT2D eigenvalue weighted by Gasteiger charge is -2.04. The number of hydrogen-bond acceptors (Lipinski definition) is 4. The molecule has 0 fully saturated rings. The van der Waals surface area contributed by atoms with Crippen LogP contribution in [0.3, 0.4) is 0 Å². The van der Waals surface area contributed by atoms with Crippen molar-refractivity contribution in [3.8, 4) is 11.4 Å². The highest BCUT2D eigenvalue weighted by Crippen LogP contribution is 2.12. The molecule has 16 heavy (non-hydrogen) atoms. The van der Waals surface area contributed by atoms with Gasteiger partial charge < -0.3 is 9.15 Å². The normalized spacial score (nSPS) is 10.1. The topological polar surface area (TPSA) is 61.4 Å². The van der Waals surface area contributed by atoms with E-state index in [1.165, 1.54) is 17.0 Å². The van der Waals surface area contributed by atoms with E-state index in [0.717, 1.165) is 0 Å². The van der Waals surface area contributed by atoms with Crippen molar-refractivity contribution in [2.24, 2.45) is 0 Å². The number of methoxy groups -OCH3 is 1. The summed E-state index contributed by atoms with van der Waals surface area (Å²) in [4.78, 5) is 22.5. The molecule has 5 nitrogen and oxygen atoms in total. The molecular weight excluding hydrogens is 210 g/mol. The molecule has 0 saturated carbocycles. The number of ether oxygens (including phenoxy) is 1. The Balaban J connectivity index is 2.55. The lowest BCUT2D eigenvalue weighted by molar-refractivity contribution is 0.414. The van der Waals surface area contributed by atoms with Gasteiger partial charge in [0.2, 0.25) is 0 Å². The van der Waals surface area contributed by atoms with Gasteiger partial charge >= 0.3 is 11.2 Å². The van der Waals surface area contributed by atoms with E-state index in [2.05, 4.69) is 4.42 Å². The molecule has 0 aliphatic heterocycles. The second kappa shape index (κ2) is 4.06. The molecule has 2 rings (SSSR count). The van der Waals surface area contributed by atoms with E-state index in [4.69, 9.17) is 4.74 Å². The number of aromatic nitrogens is 1. The SMILES string of the molecule is COc1ccc(-n2ccoc(=O)c2=O)cc1. The molecule has 0 aliphatic rings. The van der Waals surface area contributed by atoms with Crippen molar-refractivity contribution >= 4 is 0 Å². The maximum absolute atomic E-state index is 11.4. The van der Waals surface area contributed by atoms with Crippen molar-refractivity contribution in [2.45, 2.75) is 0 Å². The zero-order valence-electron chi connectivity index (χ0n) is 8.54. The standard InChI is InChI=1S/C11H9NO4/c1-15-9-4-2-8(3-5-9)12-6-7-16-11(14)10(12)13/h2-7H,1H3. The molecule has 5 heteroatoms. The van der Waals surface area contributed by atoms with Crippen LogP contribution in [0, 0.1) is 0 Å². The van der Waals surface area contributed by atoms with Gasteiger partial charge in [0.25, 0.3) is 0 Å². The zero-order chi connectivity index (χ0) is 11.5. The highest BCUT2D eigenvalue weighted by Gasteiger charge is 2.03. The van der Waals surface area contributed by atoms with E-state index in [9.17, 15) is 9.59 Å². The number of nitrogens with zero attached hydrogens (tertiary/aromatic N) is 1. The summed E-state index contributed by atoms with van der Waals surface area (Å²) in [6.07, 6.45) is 2.57. The maximum Gasteiger partial charge on any atom is 0.402 e. The first-order chi connectivity index (χ1) is 7.72. The average Bonchev–Trinajstić information content (AvgIpc) is 2.33. The van der Waals surface area contributed by atoms with Crippen molar-refractivity contribution in [1.82, 2.24) is 4.57 Å². The van der Waals surface area contributed by atoms with E-state index in [-0.39, 0.29) is 0 Å². The summed E-state index contributed by atoms with van der Waals surface area (Å²) in [5, 5.41) is 0. The summed E-state index contributed by atoms with van der Waals surface area (Å²) in [6.45, 7) is 0. The average molecular weight is 219 g/mol. The van der Waals surface area contributed by atoms with Crippen LogP contribution in [0.25, 0.3) is 5.69 Å². The fourth-order valence-corrected chi connectivity index (χ4v) is 1.32. The highest BCUT2D eigenvalue weighted by atomic mass is 16.5. The summed E-state index contributed by atoms with van der Waals surface area (Å²) in [5.41, 5.74) is -1.02. The molecule has 0 amide bonds. The Morgan fingerprint density at radius 1 is 1.19 bits per heavy atom. The molecule has 0 atom stereocenters. The monoisotopic (exact) mass is 219 g/mol. The first-order valence-electron chi connectivity index (χ1n) is 4.57. The first kappa shape index (κ1) is 10.2. The lowest BCUT2D eigenvalue weighted by Crippen LogP contribution is -2.31. The van der Waals surface area contributed by atoms with Crippen LogP contribution in [-0.4, -0.2) is 11.7 Å². The third kappa shape index (κ3) is 1.75. The van der Waals surface area contributed by atoms with Gasteiger partial charge in [0.15, 0.2) is 0 Å². The molecule has 1 heterocycles. The summed E-state index contributed by atoms with van der Waals surface area (Å²) >= 11 is 0. The molecule has 1 aromatic heterocycles. The van der Waals surface area contributed by atoms with Crippen LogP contribution in [0.5, 0.6) is 5.75 Å². The molecule has 1 aromatic carbocycles. The molecule has 2 aromatic rings. The van der Waals surface area contributed by atoms with Crippen LogP contribution in [0.4, 0.5) is 0 Å². The molecule has 0 saturated heterocycles. The minimum absolute atomic E-state index is 0.582. The van der Waals surface area contributed by atoms with E-state index in [0.29, 0.717) is 11.4 Å². The van der Waals surface area contributed by atoms with Crippen molar-refractivity contribution < 1.29 is 9.15 Å². The van der Waals surface area contributed by atoms with Crippen molar-refractivity contribution in [3.63, 3.8) is 0 Å². The molecule has 0 aliphatic carbocycles. The Morgan fingerprint density at radius 2 is 1.88 bits per heavy atom. The summed E-state index contributed by atoms with van der Waals surface area (Å²) in [6, 6.07) is 6.77. The molecule has 0 unspecified atom stereocenters. The summed E-state index contributed by atoms with van der Waals surface area (Å²) in [5.74, 6) is 0.680. The minimum Gasteiger partial charge on any atom is -0.497 e. The Bertz CT molecular complexity index is 594. The van der Waals surface area contributed by atoms with Crippen molar-refractivity contribution in [3.05, 3.63) is 57.5 Å². The van der Waals surface area contributed by atoms with Gasteiger partial charge in [-0.1, -0.05) is 0 Å². The van der Waals surface area contributed by atoms with Gasteiger partial charge in [-0.15, -0.1) is 0 Å². The Hall–Kier alpha value is -2.30. The minimum atomic E-state index is -0.890. The molecule has 0 N–H and O–H groups in total. The van der Waals surface area contributed by atoms with Gasteiger partial charge in [-0.3, -0.25) is 9.36 Å². The molecule has 0 radical (unpaired) electrons. The first-order valence-corrected chi connectivity index (χ1v) is 4.57. The number of hydrogen-bond donors (Lipinski definition) is 0. The van der Waals surface area contributed by atoms with Gasteiger partial charge in [-0.05, 0) is 24.3 Å². The van der Waals surface area contributed by atoms with Crippen LogP contribution in [0.2, 0.25) is 0 Å². The number of benzene rings is 1. The maximum atomic E-state index is 11.4. The largest absolute Gasteiger partial charge is 0.497 e. The third-order valence-corrected chi connectivity index (χ3v) is 2.13. The van der Waals surface area contributed by atoms with Crippen LogP contribution >= 0.6 is 0 Å². The van der Waals surface area contributed by atoms with Crippen LogP contribution < -0.4 is 15.9 Å². The zero-order valence-corrected chi connectivity index (χ0v) is 8.54. The fourth-order valence-electron chi connectivity index (χ4n) is 1.32. The van der Waals surface area contributed by atoms with Crippen molar-refractivity contribution in [1.29, 1.82) is 0 Å². The van der Waals surface area contributed by atoms with Gasteiger partial charge in [0, 0.05) is 11.9 Å².